The molecule has 56 heavy (non-hydrogen) atoms. The van der Waals surface area contributed by atoms with Crippen molar-refractivity contribution in [3.05, 3.63) is 94.9 Å². The van der Waals surface area contributed by atoms with Crippen molar-refractivity contribution in [2.24, 2.45) is 17.8 Å². The van der Waals surface area contributed by atoms with Crippen LogP contribution >= 0.6 is 0 Å². The molecule has 1 aliphatic heterocycles. The zero-order valence-electron chi connectivity index (χ0n) is 33.7. The number of aliphatic hydroxyl groups excluding tert-OH is 1. The number of carbonyl (C=O) groups excluding carboxylic acids is 6. The Balaban J connectivity index is 2.55. The first-order valence-corrected chi connectivity index (χ1v) is 18.9. The molecule has 12 heteroatoms. The monoisotopic (exact) mass is 778 g/mol. The Morgan fingerprint density at radius 3 is 2.29 bits per heavy atom. The molecule has 0 unspecified atom stereocenters. The molecule has 1 fully saturated rings. The Labute approximate surface area is 330 Å². The van der Waals surface area contributed by atoms with Gasteiger partial charge in [-0.25, -0.2) is 9.59 Å². The predicted molar refractivity (Wildman–Crippen MR) is 210 cm³/mol. The molecule has 0 radical (unpaired) electrons. The average Bonchev–Trinajstić information content (AvgIpc) is 3.40. The highest BCUT2D eigenvalue weighted by atomic mass is 16.6. The fraction of sp³-hybridized carbons (Fsp3) is 0.500. The number of allylic oxidation sites excluding steroid dienone is 6. The molecule has 0 aromatic carbocycles. The van der Waals surface area contributed by atoms with Gasteiger partial charge in [0.25, 0.3) is 0 Å². The molecule has 306 valence electrons. The van der Waals surface area contributed by atoms with E-state index < -0.39 is 54.5 Å². The molecule has 0 spiro atoms. The van der Waals surface area contributed by atoms with Gasteiger partial charge in [-0.3, -0.25) is 19.2 Å². The normalized spacial score (nSPS) is 22.4. The maximum atomic E-state index is 14.3. The van der Waals surface area contributed by atoms with E-state index in [9.17, 15) is 33.9 Å². The lowest BCUT2D eigenvalue weighted by atomic mass is 9.77. The van der Waals surface area contributed by atoms with Crippen LogP contribution in [0.2, 0.25) is 0 Å². The van der Waals surface area contributed by atoms with Crippen LogP contribution in [0.3, 0.4) is 0 Å². The zero-order chi connectivity index (χ0) is 41.9. The van der Waals surface area contributed by atoms with Gasteiger partial charge in [-0.2, -0.15) is 0 Å². The number of fused-ring (bicyclic) bond motifs is 1. The second-order valence-electron chi connectivity index (χ2n) is 14.4. The molecule has 2 aliphatic rings. The second-order valence-corrected chi connectivity index (χ2v) is 14.4. The van der Waals surface area contributed by atoms with Crippen molar-refractivity contribution in [2.45, 2.75) is 105 Å². The minimum absolute atomic E-state index is 0.00903. The summed E-state index contributed by atoms with van der Waals surface area (Å²) in [5, 5.41) is 9.61. The first-order chi connectivity index (χ1) is 26.5. The van der Waals surface area contributed by atoms with Crippen LogP contribution < -0.4 is 0 Å². The SMILES string of the molecule is C=C(CO)OC(=O)[C@H]1[C@@H]2C(=C)C(=O)O[C@H]2/C=C(\C)CC/C=C(\C=O)[C@H]1OC(=O)/C(=C\CC/C(=C/CC/C(C)=C\COC(C)=O)COC(C)=O)CCC(=C)C(C)C. The highest BCUT2D eigenvalue weighted by Gasteiger charge is 2.51. The molecular formula is C44H58O12. The van der Waals surface area contributed by atoms with E-state index in [0.29, 0.717) is 51.2 Å². The molecule has 12 nitrogen and oxygen atoms in total. The Bertz CT molecular complexity index is 1670. The van der Waals surface area contributed by atoms with Crippen molar-refractivity contribution >= 4 is 36.1 Å². The number of hydrogen-bond acceptors (Lipinski definition) is 12. The van der Waals surface area contributed by atoms with Gasteiger partial charge in [-0.1, -0.05) is 68.5 Å². The third-order valence-electron chi connectivity index (χ3n) is 9.54. The number of hydrogen-bond donors (Lipinski definition) is 1. The highest BCUT2D eigenvalue weighted by molar-refractivity contribution is 5.94. The van der Waals surface area contributed by atoms with Crippen molar-refractivity contribution in [1.29, 1.82) is 0 Å². The van der Waals surface area contributed by atoms with Crippen LogP contribution in [0.4, 0.5) is 0 Å². The van der Waals surface area contributed by atoms with Gasteiger partial charge >= 0.3 is 29.8 Å². The molecule has 1 saturated heterocycles. The van der Waals surface area contributed by atoms with Crippen LogP contribution in [0.15, 0.2) is 94.9 Å². The van der Waals surface area contributed by atoms with E-state index in [4.69, 9.17) is 23.7 Å². The zero-order valence-corrected chi connectivity index (χ0v) is 33.7. The van der Waals surface area contributed by atoms with Gasteiger partial charge in [-0.15, -0.1) is 0 Å². The predicted octanol–water partition coefficient (Wildman–Crippen LogP) is 7.00. The highest BCUT2D eigenvalue weighted by Crippen LogP contribution is 2.40. The van der Waals surface area contributed by atoms with Crippen molar-refractivity contribution < 1.29 is 57.6 Å². The lowest BCUT2D eigenvalue weighted by Gasteiger charge is -2.32. The molecule has 0 amide bonds. The minimum Gasteiger partial charge on any atom is -0.462 e. The molecule has 2 rings (SSSR count). The van der Waals surface area contributed by atoms with Crippen LogP contribution in [0.25, 0.3) is 0 Å². The van der Waals surface area contributed by atoms with Gasteiger partial charge in [0.05, 0.1) is 0 Å². The van der Waals surface area contributed by atoms with Crippen molar-refractivity contribution in [3.63, 3.8) is 0 Å². The first-order valence-electron chi connectivity index (χ1n) is 18.9. The van der Waals surface area contributed by atoms with E-state index in [1.54, 1.807) is 18.2 Å². The summed E-state index contributed by atoms with van der Waals surface area (Å²) >= 11 is 0. The Kier molecular flexibility index (Phi) is 19.9. The fourth-order valence-electron chi connectivity index (χ4n) is 6.11. The number of carbonyl (C=O) groups is 6. The Morgan fingerprint density at radius 1 is 0.982 bits per heavy atom. The number of ether oxygens (including phenoxy) is 5. The summed E-state index contributed by atoms with van der Waals surface area (Å²) in [6.07, 6.45) is 10.5. The molecule has 1 aliphatic carbocycles. The third kappa shape index (κ3) is 15.6. The molecule has 1 N–H and O–H groups in total. The van der Waals surface area contributed by atoms with Crippen molar-refractivity contribution in [2.75, 3.05) is 19.8 Å². The van der Waals surface area contributed by atoms with E-state index in [1.165, 1.54) is 13.8 Å². The van der Waals surface area contributed by atoms with Gasteiger partial charge in [0.1, 0.15) is 50.0 Å². The fourth-order valence-corrected chi connectivity index (χ4v) is 6.11. The summed E-state index contributed by atoms with van der Waals surface area (Å²) in [5.41, 5.74) is 3.78. The van der Waals surface area contributed by atoms with E-state index in [1.807, 2.05) is 39.8 Å². The van der Waals surface area contributed by atoms with Crippen LogP contribution in [-0.4, -0.2) is 73.3 Å². The summed E-state index contributed by atoms with van der Waals surface area (Å²) in [7, 11) is 0. The van der Waals surface area contributed by atoms with Gasteiger partial charge in [0.2, 0.25) is 0 Å². The largest absolute Gasteiger partial charge is 0.462 e. The molecule has 0 bridgehead atoms. The van der Waals surface area contributed by atoms with Crippen LogP contribution in [-0.2, 0) is 52.5 Å². The van der Waals surface area contributed by atoms with Crippen molar-refractivity contribution in [1.82, 2.24) is 0 Å². The smallest absolute Gasteiger partial charge is 0.334 e. The molecule has 1 heterocycles. The van der Waals surface area contributed by atoms with E-state index in [0.717, 1.165) is 22.3 Å². The number of rotatable bonds is 20. The van der Waals surface area contributed by atoms with Gasteiger partial charge < -0.3 is 28.8 Å². The van der Waals surface area contributed by atoms with Crippen LogP contribution in [0.1, 0.15) is 92.9 Å². The second kappa shape index (κ2) is 23.7. The Hall–Kier alpha value is -5.10. The van der Waals surface area contributed by atoms with Crippen LogP contribution in [0.5, 0.6) is 0 Å². The summed E-state index contributed by atoms with van der Waals surface area (Å²) in [4.78, 5) is 76.6. The van der Waals surface area contributed by atoms with Gasteiger partial charge in [-0.05, 0) is 88.9 Å². The number of esters is 5. The quantitative estimate of drug-likeness (QED) is 0.0336. The van der Waals surface area contributed by atoms with Gasteiger partial charge in [0, 0.05) is 36.5 Å². The third-order valence-corrected chi connectivity index (χ3v) is 9.54. The van der Waals surface area contributed by atoms with E-state index >= 15 is 0 Å². The summed E-state index contributed by atoms with van der Waals surface area (Å²) in [6.45, 7) is 21.6. The maximum Gasteiger partial charge on any atom is 0.334 e. The molecule has 0 aromatic rings. The average molecular weight is 779 g/mol. The van der Waals surface area contributed by atoms with Gasteiger partial charge in [0.15, 0.2) is 0 Å². The summed E-state index contributed by atoms with van der Waals surface area (Å²) < 4.78 is 27.4. The molecule has 4 atom stereocenters. The standard InChI is InChI=1S/C44H58O12/c1-27(2)30(5)19-20-36(17-12-16-35(26-53-34(9)48)15-10-13-28(3)21-22-52-33(8)47)43(50)56-41-37(25-46)18-11-14-29(4)23-38-39(32(7)42(49)55-38)40(41)44(51)54-31(6)24-45/h15,17-18,21,23,25,27,38-41,45H,5-7,10-14,16,19-20,22,24,26H2,1-4,8-9H3/b28-21-,29-23+,35-15-,36-17-,37-18+/t38-,39+,40-,41+/m0/s1. The molecule has 0 saturated carbocycles. The topological polar surface area (TPSA) is 169 Å². The summed E-state index contributed by atoms with van der Waals surface area (Å²) in [5.74, 6) is -6.06. The van der Waals surface area contributed by atoms with E-state index in [2.05, 4.69) is 19.7 Å². The first kappa shape index (κ1) is 47.1. The maximum absolute atomic E-state index is 14.3. The lowest BCUT2D eigenvalue weighted by Crippen LogP contribution is -2.43. The Morgan fingerprint density at radius 2 is 1.66 bits per heavy atom. The lowest BCUT2D eigenvalue weighted by molar-refractivity contribution is -0.159. The molecule has 0 aromatic heterocycles. The van der Waals surface area contributed by atoms with Crippen LogP contribution in [0, 0.1) is 17.8 Å². The van der Waals surface area contributed by atoms with Crippen molar-refractivity contribution in [3.8, 4) is 0 Å². The number of aliphatic hydroxyl groups is 1. The van der Waals surface area contributed by atoms with E-state index in [-0.39, 0.29) is 54.0 Å². The minimum atomic E-state index is -1.53. The summed E-state index contributed by atoms with van der Waals surface area (Å²) in [6, 6.07) is 0. The molecular weight excluding hydrogens is 720 g/mol. The number of aldehydes is 1.